The molecule has 0 heterocycles. The van der Waals surface area contributed by atoms with Crippen molar-refractivity contribution in [1.29, 1.82) is 0 Å². The lowest BCUT2D eigenvalue weighted by Crippen LogP contribution is -2.07. The maximum atomic E-state index is 12.0. The fourth-order valence-corrected chi connectivity index (χ4v) is 7.06. The average Bonchev–Trinajstić information content (AvgIpc) is 3.12. The highest BCUT2D eigenvalue weighted by Crippen LogP contribution is 2.16. The van der Waals surface area contributed by atoms with Crippen LogP contribution in [0.1, 0.15) is 271 Å². The molecule has 0 aromatic carbocycles. The predicted octanol–water partition coefficient (Wildman–Crippen LogP) is 15.7. The number of ether oxygens (including phenoxy) is 2. The van der Waals surface area contributed by atoms with Crippen LogP contribution in [0.25, 0.3) is 0 Å². The largest absolute Gasteiger partial charge is 0.466 e. The zero-order valence-electron chi connectivity index (χ0n) is 34.3. The van der Waals surface area contributed by atoms with E-state index in [0.29, 0.717) is 26.1 Å². The van der Waals surface area contributed by atoms with Crippen LogP contribution >= 0.6 is 0 Å². The third-order valence-corrected chi connectivity index (χ3v) is 10.5. The van der Waals surface area contributed by atoms with Gasteiger partial charge in [0.05, 0.1) is 13.2 Å². The van der Waals surface area contributed by atoms with Gasteiger partial charge in [0.1, 0.15) is 0 Å². The summed E-state index contributed by atoms with van der Waals surface area (Å²) in [5.74, 6) is -0.0755. The number of unbranched alkanes of at least 4 members (excludes halogenated alkanes) is 35. The van der Waals surface area contributed by atoms with Gasteiger partial charge in [0, 0.05) is 12.8 Å². The van der Waals surface area contributed by atoms with Crippen LogP contribution in [-0.2, 0) is 19.1 Å². The van der Waals surface area contributed by atoms with Gasteiger partial charge in [0.15, 0.2) is 0 Å². The van der Waals surface area contributed by atoms with Crippen molar-refractivity contribution >= 4 is 11.9 Å². The lowest BCUT2D eigenvalue weighted by molar-refractivity contribution is -0.145. The Morgan fingerprint density at radius 3 is 0.660 bits per heavy atom. The summed E-state index contributed by atoms with van der Waals surface area (Å²) in [4.78, 5) is 24.0. The third kappa shape index (κ3) is 43.1. The molecule has 0 N–H and O–H groups in total. The molecule has 0 bridgehead atoms. The molecular formula is C46H90O4. The number of hydrogen-bond donors (Lipinski definition) is 0. The van der Waals surface area contributed by atoms with Gasteiger partial charge >= 0.3 is 11.9 Å². The van der Waals surface area contributed by atoms with Crippen LogP contribution in [0.3, 0.4) is 0 Å². The highest BCUT2D eigenvalue weighted by Gasteiger charge is 2.05. The second-order valence-corrected chi connectivity index (χ2v) is 15.7. The molecule has 0 unspecified atom stereocenters. The number of rotatable bonds is 43. The van der Waals surface area contributed by atoms with Crippen molar-refractivity contribution in [2.24, 2.45) is 0 Å². The van der Waals surface area contributed by atoms with E-state index in [9.17, 15) is 9.59 Å². The van der Waals surface area contributed by atoms with Gasteiger partial charge in [-0.25, -0.2) is 0 Å². The summed E-state index contributed by atoms with van der Waals surface area (Å²) in [7, 11) is 0. The fourth-order valence-electron chi connectivity index (χ4n) is 7.06. The normalized spacial score (nSPS) is 11.3. The van der Waals surface area contributed by atoms with E-state index >= 15 is 0 Å². The SMILES string of the molecule is CCCCCCCCCCCCCCCCCCCC(=O)OCCCCCCOC(=O)CCCCCCCCCCCCCCCCCCC. The first kappa shape index (κ1) is 48.9. The van der Waals surface area contributed by atoms with Crippen LogP contribution in [-0.4, -0.2) is 25.2 Å². The Labute approximate surface area is 314 Å². The quantitative estimate of drug-likeness (QED) is 0.0468. The second kappa shape index (κ2) is 44.1. The van der Waals surface area contributed by atoms with E-state index in [1.165, 1.54) is 193 Å². The van der Waals surface area contributed by atoms with Gasteiger partial charge in [0.2, 0.25) is 0 Å². The van der Waals surface area contributed by atoms with Gasteiger partial charge in [-0.05, 0) is 38.5 Å². The molecule has 0 aliphatic carbocycles. The van der Waals surface area contributed by atoms with Crippen molar-refractivity contribution < 1.29 is 19.1 Å². The van der Waals surface area contributed by atoms with Crippen molar-refractivity contribution in [2.45, 2.75) is 271 Å². The summed E-state index contributed by atoms with van der Waals surface area (Å²) in [6.45, 7) is 5.62. The molecule has 0 spiro atoms. The van der Waals surface area contributed by atoms with Crippen molar-refractivity contribution in [3.05, 3.63) is 0 Å². The van der Waals surface area contributed by atoms with E-state index in [0.717, 1.165) is 51.4 Å². The first-order chi connectivity index (χ1) is 24.7. The lowest BCUT2D eigenvalue weighted by Gasteiger charge is -2.07. The van der Waals surface area contributed by atoms with Crippen LogP contribution in [0.5, 0.6) is 0 Å². The van der Waals surface area contributed by atoms with Crippen molar-refractivity contribution in [1.82, 2.24) is 0 Å². The van der Waals surface area contributed by atoms with Crippen LogP contribution in [0.2, 0.25) is 0 Å². The summed E-state index contributed by atoms with van der Waals surface area (Å²) in [5, 5.41) is 0. The summed E-state index contributed by atoms with van der Waals surface area (Å²) in [5.41, 5.74) is 0. The van der Waals surface area contributed by atoms with Gasteiger partial charge in [-0.2, -0.15) is 0 Å². The lowest BCUT2D eigenvalue weighted by atomic mass is 10.0. The molecule has 0 atom stereocenters. The Bertz CT molecular complexity index is 607. The van der Waals surface area contributed by atoms with Gasteiger partial charge in [-0.1, -0.05) is 219 Å². The molecule has 0 saturated carbocycles. The zero-order valence-corrected chi connectivity index (χ0v) is 34.3. The van der Waals surface area contributed by atoms with E-state index in [-0.39, 0.29) is 11.9 Å². The molecule has 0 radical (unpaired) electrons. The van der Waals surface area contributed by atoms with Gasteiger partial charge in [-0.3, -0.25) is 9.59 Å². The minimum Gasteiger partial charge on any atom is -0.466 e. The molecule has 0 saturated heterocycles. The monoisotopic (exact) mass is 707 g/mol. The molecule has 0 fully saturated rings. The van der Waals surface area contributed by atoms with Crippen molar-refractivity contribution in [3.8, 4) is 0 Å². The zero-order chi connectivity index (χ0) is 36.3. The second-order valence-electron chi connectivity index (χ2n) is 15.7. The van der Waals surface area contributed by atoms with Crippen LogP contribution in [0.15, 0.2) is 0 Å². The van der Waals surface area contributed by atoms with Gasteiger partial charge in [-0.15, -0.1) is 0 Å². The van der Waals surface area contributed by atoms with E-state index in [1.807, 2.05) is 0 Å². The van der Waals surface area contributed by atoms with Gasteiger partial charge < -0.3 is 9.47 Å². The minimum absolute atomic E-state index is 0.0377. The Hall–Kier alpha value is -1.06. The summed E-state index contributed by atoms with van der Waals surface area (Å²) < 4.78 is 10.8. The predicted molar refractivity (Wildman–Crippen MR) is 218 cm³/mol. The Kier molecular flexibility index (Phi) is 43.2. The molecule has 0 aromatic heterocycles. The molecule has 0 rings (SSSR count). The molecule has 298 valence electrons. The summed E-state index contributed by atoms with van der Waals surface area (Å²) in [6.07, 6.45) is 51.0. The number of carbonyl (C=O) groups excluding carboxylic acids is 2. The summed E-state index contributed by atoms with van der Waals surface area (Å²) in [6, 6.07) is 0. The Morgan fingerprint density at radius 1 is 0.260 bits per heavy atom. The van der Waals surface area contributed by atoms with E-state index in [1.54, 1.807) is 0 Å². The first-order valence-corrected chi connectivity index (χ1v) is 23.0. The maximum absolute atomic E-state index is 12.0. The van der Waals surface area contributed by atoms with Gasteiger partial charge in [0.25, 0.3) is 0 Å². The molecule has 0 aliphatic rings. The molecule has 0 aromatic rings. The standard InChI is InChI=1S/C46H90O4/c1-3-5-7-9-11-13-15-17-19-21-23-25-27-29-31-33-37-41-45(47)49-43-39-35-36-40-44-50-46(48)42-38-34-32-30-28-26-24-22-20-18-16-14-12-10-8-6-4-2/h3-44H2,1-2H3. The van der Waals surface area contributed by atoms with E-state index in [2.05, 4.69) is 13.8 Å². The molecule has 4 heteroatoms. The maximum Gasteiger partial charge on any atom is 0.305 e. The molecule has 4 nitrogen and oxygen atoms in total. The number of carbonyl (C=O) groups is 2. The molecule has 50 heavy (non-hydrogen) atoms. The van der Waals surface area contributed by atoms with Crippen LogP contribution in [0.4, 0.5) is 0 Å². The third-order valence-electron chi connectivity index (χ3n) is 10.5. The fraction of sp³-hybridized carbons (Fsp3) is 0.957. The molecule has 0 aliphatic heterocycles. The first-order valence-electron chi connectivity index (χ1n) is 23.0. The van der Waals surface area contributed by atoms with E-state index in [4.69, 9.17) is 9.47 Å². The molecule has 0 amide bonds. The number of esters is 2. The Balaban J connectivity index is 3.23. The highest BCUT2D eigenvalue weighted by atomic mass is 16.5. The average molecular weight is 707 g/mol. The molecular weight excluding hydrogens is 617 g/mol. The van der Waals surface area contributed by atoms with Crippen molar-refractivity contribution in [3.63, 3.8) is 0 Å². The van der Waals surface area contributed by atoms with Crippen LogP contribution in [0, 0.1) is 0 Å². The number of hydrogen-bond acceptors (Lipinski definition) is 4. The summed E-state index contributed by atoms with van der Waals surface area (Å²) >= 11 is 0. The van der Waals surface area contributed by atoms with Crippen LogP contribution < -0.4 is 0 Å². The smallest absolute Gasteiger partial charge is 0.305 e. The van der Waals surface area contributed by atoms with E-state index < -0.39 is 0 Å². The topological polar surface area (TPSA) is 52.6 Å². The Morgan fingerprint density at radius 2 is 0.440 bits per heavy atom. The highest BCUT2D eigenvalue weighted by molar-refractivity contribution is 5.69. The minimum atomic E-state index is -0.0377. The van der Waals surface area contributed by atoms with Crippen molar-refractivity contribution in [2.75, 3.05) is 13.2 Å².